The first-order chi connectivity index (χ1) is 26.1. The van der Waals surface area contributed by atoms with Crippen molar-refractivity contribution in [2.75, 3.05) is 39.6 Å². The average molecular weight is 811 g/mol. The Labute approximate surface area is 311 Å². The van der Waals surface area contributed by atoms with Gasteiger partial charge >= 0.3 is 0 Å². The van der Waals surface area contributed by atoms with Gasteiger partial charge in [-0.1, -0.05) is 0 Å². The highest BCUT2D eigenvalue weighted by Crippen LogP contribution is 2.34. The molecule has 55 heavy (non-hydrogen) atoms. The molecule has 14 N–H and O–H groups in total. The molecule has 6 saturated heterocycles. The Kier molecular flexibility index (Phi) is 14.7. The molecule has 6 heterocycles. The van der Waals surface area contributed by atoms with Gasteiger partial charge in [-0.15, -0.1) is 0 Å². The van der Waals surface area contributed by atoms with Gasteiger partial charge in [0.25, 0.3) is 0 Å². The molecule has 0 radical (unpaired) electrons. The molecule has 0 aromatic rings. The molecule has 0 bridgehead atoms. The quantitative estimate of drug-likeness (QED) is 0.0870. The third-order valence-electron chi connectivity index (χ3n) is 10.2. The Morgan fingerprint density at radius 1 is 0.364 bits per heavy atom. The summed E-state index contributed by atoms with van der Waals surface area (Å²) in [6, 6.07) is 0. The van der Waals surface area contributed by atoms with Crippen LogP contribution in [0.3, 0.4) is 0 Å². The van der Waals surface area contributed by atoms with Gasteiger partial charge in [0.2, 0.25) is 0 Å². The van der Waals surface area contributed by atoms with Crippen LogP contribution < -0.4 is 0 Å². The van der Waals surface area contributed by atoms with Crippen LogP contribution in [0.2, 0.25) is 0 Å². The van der Waals surface area contributed by atoms with Gasteiger partial charge in [-0.2, -0.15) is 0 Å². The molecule has 0 aromatic carbocycles. The van der Waals surface area contributed by atoms with Crippen molar-refractivity contribution in [3.05, 3.63) is 0 Å². The van der Waals surface area contributed by atoms with Gasteiger partial charge in [-0.25, -0.2) is 0 Å². The molecule has 6 fully saturated rings. The Bertz CT molecular complexity index is 1210. The summed E-state index contributed by atoms with van der Waals surface area (Å²) in [5, 5.41) is 145. The van der Waals surface area contributed by atoms with Crippen LogP contribution in [0, 0.1) is 0 Å². The molecule has 6 aliphatic rings. The van der Waals surface area contributed by atoms with Crippen molar-refractivity contribution in [1.29, 1.82) is 0 Å². The van der Waals surface area contributed by atoms with E-state index in [4.69, 9.17) is 52.1 Å². The lowest BCUT2D eigenvalue weighted by atomic mass is 10.0. The van der Waals surface area contributed by atoms with Gasteiger partial charge in [-0.05, 0) is 0 Å². The largest absolute Gasteiger partial charge is 0.394 e. The van der Waals surface area contributed by atoms with E-state index in [2.05, 4.69) is 0 Å². The highest BCUT2D eigenvalue weighted by Gasteiger charge is 2.54. The maximum atomic E-state index is 11.6. The van der Waals surface area contributed by atoms with Crippen LogP contribution in [0.25, 0.3) is 0 Å². The van der Waals surface area contributed by atoms with Crippen LogP contribution in [-0.2, 0) is 52.1 Å². The van der Waals surface area contributed by atoms with Gasteiger partial charge in [0.05, 0.1) is 39.6 Å². The van der Waals surface area contributed by atoms with E-state index in [1.165, 1.54) is 0 Å². The Hall–Kier alpha value is -1.00. The van der Waals surface area contributed by atoms with Gasteiger partial charge < -0.3 is 124 Å². The number of aliphatic hydroxyl groups excluding tert-OH is 14. The molecule has 0 amide bonds. The molecule has 25 heteroatoms. The molecule has 24 atom stereocenters. The van der Waals surface area contributed by atoms with Gasteiger partial charge in [0, 0.05) is 0 Å². The van der Waals surface area contributed by atoms with E-state index in [0.29, 0.717) is 0 Å². The van der Waals surface area contributed by atoms with Crippen LogP contribution >= 0.6 is 0 Å². The van der Waals surface area contributed by atoms with Crippen LogP contribution in [0.4, 0.5) is 0 Å². The van der Waals surface area contributed by atoms with Crippen molar-refractivity contribution in [2.45, 2.75) is 148 Å². The maximum Gasteiger partial charge on any atom is 0.187 e. The average Bonchev–Trinajstić information content (AvgIpc) is 3.60. The SMILES string of the molecule is OC[C@@H]1O[C@@H](O[C@@H]2[C@@H](O)[C@H](O[C@@H]3CO[C@@H](O[C@@H]4COC(O)[C@H](O)[C@H]4O)[C@H](O)[C@H]3O[C@@H]3O[C@@H](CO)[C@H](O)[C@H]3O)OC[C@H]2O[C@@H]2OC[C@@H](O)[C@H](O)[C@H]2O)[C@H](O)[C@H]1O. The zero-order valence-electron chi connectivity index (χ0n) is 28.9. The molecule has 1 unspecified atom stereocenters. The number of ether oxygens (including phenoxy) is 11. The second-order valence-corrected chi connectivity index (χ2v) is 14.0. The molecular formula is C30H50O25. The van der Waals surface area contributed by atoms with E-state index in [1.54, 1.807) is 0 Å². The molecule has 6 aliphatic heterocycles. The molecular weight excluding hydrogens is 760 g/mol. The lowest BCUT2D eigenvalue weighted by Gasteiger charge is -2.46. The van der Waals surface area contributed by atoms with Crippen LogP contribution in [-0.4, -0.2) is 259 Å². The van der Waals surface area contributed by atoms with E-state index in [9.17, 15) is 71.5 Å². The van der Waals surface area contributed by atoms with Crippen LogP contribution in [0.5, 0.6) is 0 Å². The topological polar surface area (TPSA) is 385 Å². The van der Waals surface area contributed by atoms with Gasteiger partial charge in [0.15, 0.2) is 37.7 Å². The molecule has 6 rings (SSSR count). The molecule has 0 spiro atoms. The summed E-state index contributed by atoms with van der Waals surface area (Å²) < 4.78 is 61.6. The van der Waals surface area contributed by atoms with Gasteiger partial charge in [0.1, 0.15) is 110 Å². The Morgan fingerprint density at radius 3 is 1.22 bits per heavy atom. The summed E-state index contributed by atoms with van der Waals surface area (Å²) >= 11 is 0. The van der Waals surface area contributed by atoms with Crippen LogP contribution in [0.1, 0.15) is 0 Å². The number of hydrogen-bond acceptors (Lipinski definition) is 25. The minimum absolute atomic E-state index is 0.447. The summed E-state index contributed by atoms with van der Waals surface area (Å²) in [7, 11) is 0. The van der Waals surface area contributed by atoms with Crippen molar-refractivity contribution in [2.24, 2.45) is 0 Å². The van der Waals surface area contributed by atoms with Gasteiger partial charge in [-0.3, -0.25) is 0 Å². The smallest absolute Gasteiger partial charge is 0.187 e. The first-order valence-corrected chi connectivity index (χ1v) is 17.6. The summed E-state index contributed by atoms with van der Waals surface area (Å²) in [6.07, 6.45) is -39.2. The van der Waals surface area contributed by atoms with E-state index >= 15 is 0 Å². The second-order valence-electron chi connectivity index (χ2n) is 14.0. The lowest BCUT2D eigenvalue weighted by molar-refractivity contribution is -0.376. The first-order valence-electron chi connectivity index (χ1n) is 17.6. The lowest BCUT2D eigenvalue weighted by Crippen LogP contribution is -2.64. The minimum Gasteiger partial charge on any atom is -0.394 e. The number of rotatable bonds is 12. The zero-order valence-corrected chi connectivity index (χ0v) is 28.9. The van der Waals surface area contributed by atoms with Crippen LogP contribution in [0.15, 0.2) is 0 Å². The highest BCUT2D eigenvalue weighted by molar-refractivity contribution is 4.96. The predicted octanol–water partition coefficient (Wildman–Crippen LogP) is -10.3. The third kappa shape index (κ3) is 9.11. The van der Waals surface area contributed by atoms with E-state index in [-0.39, 0.29) is 0 Å². The monoisotopic (exact) mass is 810 g/mol. The minimum atomic E-state index is -1.93. The third-order valence-corrected chi connectivity index (χ3v) is 10.2. The Morgan fingerprint density at radius 2 is 0.764 bits per heavy atom. The number of hydrogen-bond donors (Lipinski definition) is 14. The first kappa shape index (κ1) is 43.6. The molecule has 0 aromatic heterocycles. The van der Waals surface area contributed by atoms with Crippen molar-refractivity contribution < 1.29 is 124 Å². The van der Waals surface area contributed by atoms with E-state index < -0.39 is 187 Å². The standard InChI is InChI=1S/C30H50O25/c31-1-8-14(35)19(40)29(49-8)54-23-11(52-26-18(39)13(34)7(33)3-46-26)5-48-28(22(23)43)53-12-6-47-27(51-10-4-45-25(44)17(38)16(10)37)21(42)24(12)55-30-20(41)15(36)9(2-32)50-30/h7-44H,1-6H2/t7-,8+,9+,10-,11-,12-,13+,14+,15+,16+,17-,18-,19-,20-,21-,22-,23+,24+,25?,26+,27+,28+,29+,30+/m1/s1. The summed E-state index contributed by atoms with van der Waals surface area (Å²) in [5.41, 5.74) is 0. The Balaban J connectivity index is 1.20. The van der Waals surface area contributed by atoms with Crippen molar-refractivity contribution in [3.63, 3.8) is 0 Å². The van der Waals surface area contributed by atoms with E-state index in [0.717, 1.165) is 0 Å². The summed E-state index contributed by atoms with van der Waals surface area (Å²) in [5.74, 6) is 0. The second kappa shape index (κ2) is 18.5. The zero-order chi connectivity index (χ0) is 39.9. The van der Waals surface area contributed by atoms with Crippen molar-refractivity contribution in [1.82, 2.24) is 0 Å². The summed E-state index contributed by atoms with van der Waals surface area (Å²) in [6.45, 7) is -3.43. The fourth-order valence-corrected chi connectivity index (χ4v) is 6.91. The summed E-state index contributed by atoms with van der Waals surface area (Å²) in [4.78, 5) is 0. The molecule has 0 aliphatic carbocycles. The number of aliphatic hydroxyl groups is 14. The molecule has 25 nitrogen and oxygen atoms in total. The molecule has 320 valence electrons. The van der Waals surface area contributed by atoms with Crippen molar-refractivity contribution in [3.8, 4) is 0 Å². The predicted molar refractivity (Wildman–Crippen MR) is 163 cm³/mol. The van der Waals surface area contributed by atoms with Crippen molar-refractivity contribution >= 4 is 0 Å². The normalized spacial score (nSPS) is 53.8. The maximum absolute atomic E-state index is 11.6. The fraction of sp³-hybridized carbons (Fsp3) is 1.00. The molecule has 0 saturated carbocycles. The fourth-order valence-electron chi connectivity index (χ4n) is 6.91. The highest BCUT2D eigenvalue weighted by atomic mass is 16.8. The van der Waals surface area contributed by atoms with E-state index in [1.807, 2.05) is 0 Å².